The van der Waals surface area contributed by atoms with Crippen LogP contribution in [0.15, 0.2) is 23.3 Å². The van der Waals surface area contributed by atoms with Gasteiger partial charge in [0.15, 0.2) is 24.5 Å². The number of aliphatic hydroxyl groups is 8. The van der Waals surface area contributed by atoms with Crippen LogP contribution in [-0.2, 0) is 54.1 Å². The Morgan fingerprint density at radius 2 is 1.47 bits per heavy atom. The number of hydrogen-bond donors (Lipinski definition) is 21. The number of amides is 7. The Morgan fingerprint density at radius 3 is 2.11 bits per heavy atom. The highest BCUT2D eigenvalue weighted by atomic mass is 32.1. The van der Waals surface area contributed by atoms with Crippen molar-refractivity contribution in [2.45, 2.75) is 176 Å². The number of unbranched alkanes of at least 4 members (excludes halogenated alkanes) is 1. The molecule has 2 aliphatic heterocycles. The Kier molecular flexibility index (Phi) is 30.5. The second-order valence-electron chi connectivity index (χ2n) is 23.3. The van der Waals surface area contributed by atoms with Crippen LogP contribution in [0.1, 0.15) is 108 Å². The Labute approximate surface area is 568 Å². The number of hydrogen-bond acceptors (Lipinski definition) is 33. The zero-order chi connectivity index (χ0) is 72.2. The van der Waals surface area contributed by atoms with Crippen LogP contribution in [0.4, 0.5) is 10.6 Å². The quantitative estimate of drug-likeness (QED) is 0.0146. The first-order valence-corrected chi connectivity index (χ1v) is 32.9. The van der Waals surface area contributed by atoms with Crippen LogP contribution in [-0.4, -0.2) is 262 Å². The highest BCUT2D eigenvalue weighted by molar-refractivity contribution is 7.14. The van der Waals surface area contributed by atoms with Crippen LogP contribution >= 0.6 is 22.7 Å². The minimum atomic E-state index is -2.20. The lowest BCUT2D eigenvalue weighted by Gasteiger charge is -2.47. The van der Waals surface area contributed by atoms with E-state index in [0.717, 1.165) is 31.9 Å². The first-order valence-electron chi connectivity index (χ1n) is 31.1. The molecule has 0 spiro atoms. The lowest BCUT2D eigenvalue weighted by molar-refractivity contribution is -0.372. The predicted molar refractivity (Wildman–Crippen MR) is 342 cm³/mol. The number of carbonyl (C=O) groups is 8. The van der Waals surface area contributed by atoms with Crippen LogP contribution in [0.2, 0.25) is 0 Å². The van der Waals surface area contributed by atoms with Gasteiger partial charge in [0.2, 0.25) is 29.5 Å². The molecule has 0 bridgehead atoms. The van der Waals surface area contributed by atoms with Gasteiger partial charge >= 0.3 is 6.09 Å². The number of H-pyrrole nitrogens is 1. The second kappa shape index (κ2) is 37.6. The predicted octanol–water partition coefficient (Wildman–Crippen LogP) is -7.41. The monoisotopic (exact) mass is 1420 g/mol. The van der Waals surface area contributed by atoms with Crippen molar-refractivity contribution in [3.63, 3.8) is 0 Å². The third-order valence-electron chi connectivity index (χ3n) is 15.9. The van der Waals surface area contributed by atoms with Crippen molar-refractivity contribution in [2.75, 3.05) is 51.7 Å². The fraction of sp³-hybridized carbons (Fsp3) is 0.632. The molecule has 12 unspecified atom stereocenters. The van der Waals surface area contributed by atoms with Gasteiger partial charge in [-0.15, -0.1) is 22.7 Å². The Morgan fingerprint density at radius 1 is 0.776 bits per heavy atom. The van der Waals surface area contributed by atoms with Crippen LogP contribution in [0.25, 0.3) is 10.7 Å². The van der Waals surface area contributed by atoms with Crippen LogP contribution < -0.4 is 66.3 Å². The largest absolute Gasteiger partial charge is 0.441 e. The number of aliphatic hydroxyl groups excluding tert-OH is 8. The van der Waals surface area contributed by atoms with Crippen molar-refractivity contribution < 1.29 is 103 Å². The lowest BCUT2D eigenvalue weighted by Crippen LogP contribution is -2.65. The van der Waals surface area contributed by atoms with Crippen molar-refractivity contribution >= 4 is 75.8 Å². The number of nitrogens with two attached hydrogens (primary N) is 6. The third-order valence-corrected chi connectivity index (χ3v) is 17.7. The standard InChI is InChI=1S/C57H88N18O21S2/c1-22-36(72-49(75-47(22)61)27(14-34(60)80)67-15-26(59)48(62)86)52(89)74-38(44(28-16-65-21-68-28)94-56-46(42(84)40(82)32(17-76)93-56)95-55-43(85)45(96-57(63)91)41(83)33(18-77)92-55)53(90)69-24(3)39(81)23(2)50(87)73-37(25(4)78)51(88)66-13-9-35-70-30(20-97-35)54-71-29(19-98-54)31(79)8-7-12-64-11-6-5-10-58/h16,19-21,23-27,32-33,37-46,55-56,64,67,76-78,81-85H,5-15,17-18,58-59H2,1-4H3,(H2,60,80)(H2,62,86)(H2,63,91)(H,65,68)(H,66,88)(H,69,90)(H,73,87)(H,74,89)(H2,61,72,75)/t23?,24?,25?,26?,27?,32-,33-,37?,38?,39?,40+,41-,42?,43?,44?,45+,46-,55?,56-/m1/s1. The number of ketones is 1. The summed E-state index contributed by atoms with van der Waals surface area (Å²) in [4.78, 5) is 131. The van der Waals surface area contributed by atoms with E-state index in [1.54, 1.807) is 10.8 Å². The van der Waals surface area contributed by atoms with E-state index in [9.17, 15) is 74.4 Å². The van der Waals surface area contributed by atoms with Gasteiger partial charge in [0.1, 0.15) is 94.6 Å². The highest BCUT2D eigenvalue weighted by Crippen LogP contribution is 2.35. The molecule has 0 saturated carbocycles. The molecule has 0 radical (unpaired) electrons. The number of primary amides is 3. The van der Waals surface area contributed by atoms with Gasteiger partial charge in [0.05, 0.1) is 72.7 Å². The Hall–Kier alpha value is -7.53. The Bertz CT molecular complexity index is 3300. The number of Topliss-reactive ketones (excluding diaryl/α,β-unsaturated/α-hetero) is 1. The van der Waals surface area contributed by atoms with Crippen molar-refractivity contribution in [1.82, 2.24) is 61.8 Å². The van der Waals surface area contributed by atoms with E-state index in [0.29, 0.717) is 47.3 Å². The number of rotatable bonds is 39. The molecule has 6 rings (SSSR count). The number of nitrogen functional groups attached to an aromatic ring is 1. The van der Waals surface area contributed by atoms with E-state index in [-0.39, 0.29) is 48.2 Å². The number of carbonyl (C=O) groups excluding carboxylic acids is 8. The average Bonchev–Trinajstić information content (AvgIpc) is 0.914. The highest BCUT2D eigenvalue weighted by Gasteiger charge is 2.54. The molecule has 2 aliphatic rings. The normalized spacial score (nSPS) is 23.7. The summed E-state index contributed by atoms with van der Waals surface area (Å²) < 4.78 is 28.7. The number of imidazole rings is 1. The molecule has 6 heterocycles. The van der Waals surface area contributed by atoms with E-state index in [4.69, 9.17) is 58.1 Å². The summed E-state index contributed by atoms with van der Waals surface area (Å²) in [5, 5.41) is 109. The average molecular weight is 1430 g/mol. The molecular weight excluding hydrogens is 1340 g/mol. The summed E-state index contributed by atoms with van der Waals surface area (Å²) in [6.45, 7) is 4.78. The molecule has 4 aromatic rings. The summed E-state index contributed by atoms with van der Waals surface area (Å²) in [6, 6.07) is -7.85. The van der Waals surface area contributed by atoms with Crippen LogP contribution in [0.5, 0.6) is 0 Å². The molecule has 2 fully saturated rings. The molecule has 39 nitrogen and oxygen atoms in total. The van der Waals surface area contributed by atoms with Gasteiger partial charge in [0.25, 0.3) is 5.91 Å². The molecule has 4 aromatic heterocycles. The van der Waals surface area contributed by atoms with Crippen LogP contribution in [0, 0.1) is 12.8 Å². The fourth-order valence-electron chi connectivity index (χ4n) is 10.2. The van der Waals surface area contributed by atoms with E-state index in [1.165, 1.54) is 50.4 Å². The minimum absolute atomic E-state index is 0.00559. The fourth-order valence-corrected chi connectivity index (χ4v) is 11.8. The zero-order valence-corrected chi connectivity index (χ0v) is 55.5. The van der Waals surface area contributed by atoms with Gasteiger partial charge in [-0.1, -0.05) is 6.92 Å². The number of anilines is 1. The lowest BCUT2D eigenvalue weighted by atomic mass is 9.96. The number of aromatic amines is 1. The molecule has 7 amide bonds. The maximum atomic E-state index is 15.2. The van der Waals surface area contributed by atoms with Crippen molar-refractivity contribution in [1.29, 1.82) is 0 Å². The molecule has 0 aliphatic carbocycles. The summed E-state index contributed by atoms with van der Waals surface area (Å²) >= 11 is 2.55. The summed E-state index contributed by atoms with van der Waals surface area (Å²) in [6.07, 6.45) is -22.3. The molecule has 41 heteroatoms. The summed E-state index contributed by atoms with van der Waals surface area (Å²) in [5.41, 5.74) is 33.7. The third kappa shape index (κ3) is 21.5. The Balaban J connectivity index is 1.24. The van der Waals surface area contributed by atoms with Crippen molar-refractivity contribution in [3.8, 4) is 10.7 Å². The van der Waals surface area contributed by atoms with Crippen LogP contribution in [0.3, 0.4) is 0 Å². The van der Waals surface area contributed by atoms with Gasteiger partial charge in [-0.05, 0) is 59.7 Å². The van der Waals surface area contributed by atoms with Gasteiger partial charge in [-0.3, -0.25) is 33.6 Å². The smallest absolute Gasteiger partial charge is 0.404 e. The van der Waals surface area contributed by atoms with Crippen molar-refractivity contribution in [2.24, 2.45) is 34.6 Å². The van der Waals surface area contributed by atoms with Gasteiger partial charge in [-0.25, -0.2) is 29.7 Å². The molecule has 544 valence electrons. The summed E-state index contributed by atoms with van der Waals surface area (Å²) in [5.74, 6) is -8.49. The first-order chi connectivity index (χ1) is 46.5. The van der Waals surface area contributed by atoms with Gasteiger partial charge < -0.3 is 136 Å². The van der Waals surface area contributed by atoms with E-state index in [2.05, 4.69) is 61.8 Å². The summed E-state index contributed by atoms with van der Waals surface area (Å²) in [7, 11) is 0. The number of nitrogens with one attached hydrogen (secondary N) is 7. The number of nitrogens with zero attached hydrogens (tertiary/aromatic N) is 5. The van der Waals surface area contributed by atoms with Crippen molar-refractivity contribution in [3.05, 3.63) is 56.8 Å². The number of aromatic nitrogens is 6. The first kappa shape index (κ1) is 79.5. The topological polar surface area (TPSA) is 653 Å². The zero-order valence-electron chi connectivity index (χ0n) is 53.9. The maximum absolute atomic E-state index is 15.2. The van der Waals surface area contributed by atoms with E-state index in [1.807, 2.05) is 0 Å². The molecule has 98 heavy (non-hydrogen) atoms. The maximum Gasteiger partial charge on any atom is 0.404 e. The van der Waals surface area contributed by atoms with E-state index >= 15 is 4.79 Å². The molecule has 2 saturated heterocycles. The molecule has 19 atom stereocenters. The number of thiazole rings is 2. The van der Waals surface area contributed by atoms with E-state index < -0.39 is 183 Å². The minimum Gasteiger partial charge on any atom is -0.441 e. The molecule has 27 N–H and O–H groups in total. The van der Waals surface area contributed by atoms with Gasteiger partial charge in [0, 0.05) is 48.7 Å². The SMILES string of the molecule is Cc1c(N)nc(C(CC(N)=O)NCC(N)C(N)=O)nc1C(=O)NC(C(=O)NC(C)C(O)C(C)C(=O)NC(C(=O)NCCc1nc(-c2nc(C(=O)CCCNCCCCN)cs2)cs1)C(C)O)C(O[C@H]1O[C@H](CO)[C@H](O)C(O)[C@H]1OC1O[C@H](CO)[C@@H](O)[C@H](OC(N)=O)C1O)c1cnc[nH]1. The second-order valence-corrected chi connectivity index (χ2v) is 25.1. The number of ether oxygens (including phenoxy) is 5. The van der Waals surface area contributed by atoms with Gasteiger partial charge in [-0.2, -0.15) is 0 Å². The molecule has 0 aromatic carbocycles. The molecular formula is C57H88N18O21S2.